The average molecular weight is 479 g/mol. The molecule has 154 valence electrons. The van der Waals surface area contributed by atoms with Crippen LogP contribution in [0.25, 0.3) is 0 Å². The van der Waals surface area contributed by atoms with Crippen molar-refractivity contribution in [2.75, 3.05) is 46.3 Å². The summed E-state index contributed by atoms with van der Waals surface area (Å²) in [6.07, 6.45) is 10.4. The highest BCUT2D eigenvalue weighted by atomic mass is 127. The Morgan fingerprint density at radius 2 is 1.77 bits per heavy atom. The first kappa shape index (κ1) is 24.0. The number of rotatable bonds is 8. The van der Waals surface area contributed by atoms with E-state index in [1.165, 1.54) is 84.1 Å². The van der Waals surface area contributed by atoms with Gasteiger partial charge in [-0.2, -0.15) is 0 Å². The third kappa shape index (κ3) is 8.30. The lowest BCUT2D eigenvalue weighted by molar-refractivity contribution is 0.147. The molecule has 6 heteroatoms. The molecule has 0 aromatic rings. The first-order chi connectivity index (χ1) is 12.3. The Hall–Kier alpha value is -0.0800. The lowest BCUT2D eigenvalue weighted by Gasteiger charge is -2.37. The van der Waals surface area contributed by atoms with Gasteiger partial charge in [-0.15, -0.1) is 24.0 Å². The van der Waals surface area contributed by atoms with Crippen molar-refractivity contribution in [3.05, 3.63) is 0 Å². The van der Waals surface area contributed by atoms with E-state index in [1.807, 2.05) is 7.05 Å². The van der Waals surface area contributed by atoms with Gasteiger partial charge in [0.25, 0.3) is 0 Å². The van der Waals surface area contributed by atoms with Gasteiger partial charge in [0.05, 0.1) is 0 Å². The van der Waals surface area contributed by atoms with Crippen LogP contribution in [0.2, 0.25) is 0 Å². The minimum Gasteiger partial charge on any atom is -0.355 e. The van der Waals surface area contributed by atoms with Gasteiger partial charge in [-0.05, 0) is 58.2 Å². The molecule has 2 aliphatic heterocycles. The summed E-state index contributed by atoms with van der Waals surface area (Å²) in [5.41, 5.74) is 0. The average Bonchev–Trinajstić information content (AvgIpc) is 2.65. The Morgan fingerprint density at radius 3 is 2.42 bits per heavy atom. The van der Waals surface area contributed by atoms with Crippen molar-refractivity contribution in [1.82, 2.24) is 20.4 Å². The van der Waals surface area contributed by atoms with E-state index < -0.39 is 0 Å². The Kier molecular flexibility index (Phi) is 12.9. The molecule has 2 saturated heterocycles. The molecule has 0 spiro atoms. The molecule has 0 bridgehead atoms. The number of aliphatic imine (C=N–C) groups is 1. The van der Waals surface area contributed by atoms with E-state index in [9.17, 15) is 0 Å². The molecule has 0 aliphatic carbocycles. The summed E-state index contributed by atoms with van der Waals surface area (Å²) < 4.78 is 0. The molecule has 0 radical (unpaired) electrons. The highest BCUT2D eigenvalue weighted by molar-refractivity contribution is 14.0. The molecule has 0 saturated carbocycles. The van der Waals surface area contributed by atoms with Crippen LogP contribution in [-0.2, 0) is 0 Å². The van der Waals surface area contributed by atoms with Gasteiger partial charge in [-0.3, -0.25) is 9.89 Å². The summed E-state index contributed by atoms with van der Waals surface area (Å²) in [6.45, 7) is 11.8. The number of nitrogens with zero attached hydrogens (tertiary/aromatic N) is 3. The van der Waals surface area contributed by atoms with Gasteiger partial charge >= 0.3 is 0 Å². The molecule has 0 aromatic heterocycles. The number of unbranched alkanes of at least 4 members (excludes halogenated alkanes) is 1. The quantitative estimate of drug-likeness (QED) is 0.319. The smallest absolute Gasteiger partial charge is 0.191 e. The first-order valence-electron chi connectivity index (χ1n) is 10.7. The minimum atomic E-state index is 0. The van der Waals surface area contributed by atoms with Gasteiger partial charge in [-0.25, -0.2) is 0 Å². The van der Waals surface area contributed by atoms with Crippen molar-refractivity contribution in [1.29, 1.82) is 0 Å². The molecular weight excluding hydrogens is 437 g/mol. The van der Waals surface area contributed by atoms with E-state index in [0.717, 1.165) is 12.5 Å². The predicted octanol–water partition coefficient (Wildman–Crippen LogP) is 3.30. The summed E-state index contributed by atoms with van der Waals surface area (Å²) in [4.78, 5) is 9.75. The van der Waals surface area contributed by atoms with Crippen LogP contribution < -0.4 is 10.6 Å². The fourth-order valence-electron chi connectivity index (χ4n) is 4.17. The van der Waals surface area contributed by atoms with Gasteiger partial charge in [0.15, 0.2) is 5.96 Å². The Bertz CT molecular complexity index is 382. The van der Waals surface area contributed by atoms with E-state index in [1.54, 1.807) is 0 Å². The minimum absolute atomic E-state index is 0. The van der Waals surface area contributed by atoms with E-state index in [0.29, 0.717) is 12.1 Å². The van der Waals surface area contributed by atoms with Crippen molar-refractivity contribution in [2.45, 2.75) is 77.3 Å². The van der Waals surface area contributed by atoms with Crippen LogP contribution in [0, 0.1) is 0 Å². The number of likely N-dealkylation sites (tertiary alicyclic amines) is 2. The van der Waals surface area contributed by atoms with E-state index >= 15 is 0 Å². The molecule has 2 heterocycles. The molecule has 2 N–H and O–H groups in total. The molecule has 1 unspecified atom stereocenters. The number of guanidine groups is 1. The van der Waals surface area contributed by atoms with Crippen molar-refractivity contribution in [2.24, 2.45) is 4.99 Å². The largest absolute Gasteiger partial charge is 0.355 e. The van der Waals surface area contributed by atoms with Crippen molar-refractivity contribution in [3.8, 4) is 0 Å². The van der Waals surface area contributed by atoms with Crippen LogP contribution >= 0.6 is 24.0 Å². The molecular formula is C20H42IN5. The number of piperidine rings is 2. The third-order valence-corrected chi connectivity index (χ3v) is 5.74. The van der Waals surface area contributed by atoms with E-state index in [2.05, 4.69) is 39.3 Å². The fraction of sp³-hybridized carbons (Fsp3) is 0.950. The Balaban J connectivity index is 0.00000338. The second kappa shape index (κ2) is 14.0. The maximum Gasteiger partial charge on any atom is 0.191 e. The van der Waals surface area contributed by atoms with Gasteiger partial charge < -0.3 is 15.5 Å². The molecule has 2 fully saturated rings. The zero-order valence-electron chi connectivity index (χ0n) is 17.3. The van der Waals surface area contributed by atoms with E-state index in [4.69, 9.17) is 0 Å². The second-order valence-electron chi connectivity index (χ2n) is 7.75. The lowest BCUT2D eigenvalue weighted by atomic mass is 10.0. The topological polar surface area (TPSA) is 42.9 Å². The van der Waals surface area contributed by atoms with Crippen LogP contribution in [0.1, 0.15) is 65.2 Å². The maximum atomic E-state index is 4.47. The third-order valence-electron chi connectivity index (χ3n) is 5.74. The van der Waals surface area contributed by atoms with Gasteiger partial charge in [0, 0.05) is 38.8 Å². The van der Waals surface area contributed by atoms with Crippen LogP contribution in [0.3, 0.4) is 0 Å². The van der Waals surface area contributed by atoms with Crippen molar-refractivity contribution < 1.29 is 0 Å². The summed E-state index contributed by atoms with van der Waals surface area (Å²) in [7, 11) is 1.90. The summed E-state index contributed by atoms with van der Waals surface area (Å²) in [5.74, 6) is 0.995. The van der Waals surface area contributed by atoms with Crippen LogP contribution in [0.15, 0.2) is 4.99 Å². The van der Waals surface area contributed by atoms with Crippen LogP contribution in [0.5, 0.6) is 0 Å². The SMILES string of the molecule is CCCCN1CCCCC1CNC(=NC)NC1CCN(CCC)CC1.I. The molecule has 2 aliphatic rings. The molecule has 26 heavy (non-hydrogen) atoms. The van der Waals surface area contributed by atoms with Crippen molar-refractivity contribution in [3.63, 3.8) is 0 Å². The highest BCUT2D eigenvalue weighted by Crippen LogP contribution is 2.17. The predicted molar refractivity (Wildman–Crippen MR) is 124 cm³/mol. The van der Waals surface area contributed by atoms with Crippen LogP contribution in [-0.4, -0.2) is 74.2 Å². The number of nitrogens with one attached hydrogen (secondary N) is 2. The Labute approximate surface area is 178 Å². The summed E-state index contributed by atoms with van der Waals surface area (Å²) in [5, 5.41) is 7.27. The standard InChI is InChI=1S/C20H41N5.HI/c1-4-6-13-25-14-8-7-9-19(25)17-22-20(21-3)23-18-10-15-24(12-5-2)16-11-18;/h18-19H,4-17H2,1-3H3,(H2,21,22,23);1H. The molecule has 5 nitrogen and oxygen atoms in total. The lowest BCUT2D eigenvalue weighted by Crippen LogP contribution is -2.52. The number of hydrogen-bond donors (Lipinski definition) is 2. The number of hydrogen-bond acceptors (Lipinski definition) is 3. The number of halogens is 1. The summed E-state index contributed by atoms with van der Waals surface area (Å²) in [6, 6.07) is 1.24. The fourth-order valence-corrected chi connectivity index (χ4v) is 4.17. The van der Waals surface area contributed by atoms with Gasteiger partial charge in [0.1, 0.15) is 0 Å². The van der Waals surface area contributed by atoms with Gasteiger partial charge in [-0.1, -0.05) is 26.7 Å². The maximum absolute atomic E-state index is 4.47. The Morgan fingerprint density at radius 1 is 1.00 bits per heavy atom. The highest BCUT2D eigenvalue weighted by Gasteiger charge is 2.23. The molecule has 1 atom stereocenters. The molecule has 2 rings (SSSR count). The monoisotopic (exact) mass is 479 g/mol. The van der Waals surface area contributed by atoms with Gasteiger partial charge in [0.2, 0.25) is 0 Å². The normalized spacial score (nSPS) is 23.5. The molecule has 0 aromatic carbocycles. The summed E-state index contributed by atoms with van der Waals surface area (Å²) >= 11 is 0. The van der Waals surface area contributed by atoms with E-state index in [-0.39, 0.29) is 24.0 Å². The first-order valence-corrected chi connectivity index (χ1v) is 10.7. The second-order valence-corrected chi connectivity index (χ2v) is 7.75. The zero-order chi connectivity index (χ0) is 17.9. The zero-order valence-corrected chi connectivity index (χ0v) is 19.6. The molecule has 0 amide bonds. The van der Waals surface area contributed by atoms with Crippen LogP contribution in [0.4, 0.5) is 0 Å². The van der Waals surface area contributed by atoms with Crippen molar-refractivity contribution >= 4 is 29.9 Å².